The molecule has 170 valence electrons. The van der Waals surface area contributed by atoms with Gasteiger partial charge in [-0.1, -0.05) is 31.2 Å². The van der Waals surface area contributed by atoms with Crippen LogP contribution in [0.4, 0.5) is 0 Å². The third kappa shape index (κ3) is 5.19. The molecule has 2 aromatic rings. The fourth-order valence-electron chi connectivity index (χ4n) is 3.72. The molecule has 0 heterocycles. The van der Waals surface area contributed by atoms with Crippen LogP contribution in [-0.2, 0) is 19.6 Å². The van der Waals surface area contributed by atoms with Crippen molar-refractivity contribution in [3.05, 3.63) is 83.6 Å². The normalized spacial score (nSPS) is 22.9. The number of hydrogen-bond acceptors (Lipinski definition) is 6. The minimum Gasteiger partial charge on any atom is -0.292 e. The van der Waals surface area contributed by atoms with Crippen molar-refractivity contribution >= 4 is 11.9 Å². The Labute approximate surface area is 189 Å². The summed E-state index contributed by atoms with van der Waals surface area (Å²) >= 11 is 0. The molecule has 2 radical (unpaired) electrons. The highest BCUT2D eigenvalue weighted by Gasteiger charge is 2.45. The minimum absolute atomic E-state index is 0.0626. The van der Waals surface area contributed by atoms with E-state index in [4.69, 9.17) is 19.6 Å². The highest BCUT2D eigenvalue weighted by atomic mass is 17.2. The molecule has 0 bridgehead atoms. The van der Waals surface area contributed by atoms with E-state index in [1.807, 2.05) is 39.8 Å². The van der Waals surface area contributed by atoms with Crippen molar-refractivity contribution in [2.45, 2.75) is 58.7 Å². The Kier molecular flexibility index (Phi) is 7.36. The summed E-state index contributed by atoms with van der Waals surface area (Å²) in [7, 11) is 0. The van der Waals surface area contributed by atoms with E-state index in [2.05, 4.69) is 13.8 Å². The summed E-state index contributed by atoms with van der Waals surface area (Å²) in [6, 6.07) is 10.8. The monoisotopic (exact) mass is 438 g/mol. The Bertz CT molecular complexity index is 998. The van der Waals surface area contributed by atoms with Crippen LogP contribution in [0.3, 0.4) is 0 Å². The van der Waals surface area contributed by atoms with Crippen molar-refractivity contribution in [1.29, 1.82) is 0 Å². The molecule has 2 aromatic carbocycles. The van der Waals surface area contributed by atoms with Gasteiger partial charge in [0.25, 0.3) is 0 Å². The van der Waals surface area contributed by atoms with Crippen molar-refractivity contribution in [2.24, 2.45) is 5.92 Å². The standard InChI is InChI=1S/C26H30O6/c1-16-13-14-26(6,32-31-25(28)22-12-8-10-18(3)20(22)5)23(15-16)29-30-24(27)21-11-7-9-17(2)19(21)4/h7-12,16,23H,1,6,13-15H2,2-5H3. The van der Waals surface area contributed by atoms with Crippen LogP contribution in [0.1, 0.15) is 62.2 Å². The lowest BCUT2D eigenvalue weighted by molar-refractivity contribution is -0.380. The summed E-state index contributed by atoms with van der Waals surface area (Å²) in [5.41, 5.74) is 3.19. The molecule has 0 aromatic heterocycles. The Hall–Kier alpha value is -2.70. The van der Waals surface area contributed by atoms with Crippen molar-refractivity contribution < 1.29 is 29.1 Å². The van der Waals surface area contributed by atoms with Crippen LogP contribution in [0.2, 0.25) is 0 Å². The van der Waals surface area contributed by atoms with Gasteiger partial charge in [0.05, 0.1) is 11.1 Å². The maximum Gasteiger partial charge on any atom is 0.373 e. The zero-order valence-electron chi connectivity index (χ0n) is 19.1. The summed E-state index contributed by atoms with van der Waals surface area (Å²) in [5.74, 6) is -1.16. The van der Waals surface area contributed by atoms with Crippen molar-refractivity contribution in [2.75, 3.05) is 0 Å². The Morgan fingerprint density at radius 2 is 1.44 bits per heavy atom. The Morgan fingerprint density at radius 3 is 2.00 bits per heavy atom. The van der Waals surface area contributed by atoms with Crippen molar-refractivity contribution in [3.63, 3.8) is 0 Å². The number of rotatable bonds is 6. The van der Waals surface area contributed by atoms with E-state index < -0.39 is 23.6 Å². The van der Waals surface area contributed by atoms with Gasteiger partial charge in [-0.25, -0.2) is 9.59 Å². The minimum atomic E-state index is -1.23. The second-order valence-corrected chi connectivity index (χ2v) is 8.61. The number of carbonyl (C=O) groups is 2. The average molecular weight is 439 g/mol. The summed E-state index contributed by atoms with van der Waals surface area (Å²) in [5, 5.41) is 0. The number of hydrogen-bond donors (Lipinski definition) is 0. The van der Waals surface area contributed by atoms with E-state index in [0.717, 1.165) is 22.3 Å². The van der Waals surface area contributed by atoms with Crippen LogP contribution < -0.4 is 0 Å². The molecule has 1 fully saturated rings. The highest BCUT2D eigenvalue weighted by molar-refractivity contribution is 5.91. The van der Waals surface area contributed by atoms with Gasteiger partial charge < -0.3 is 0 Å². The average Bonchev–Trinajstić information content (AvgIpc) is 2.76. The highest BCUT2D eigenvalue weighted by Crippen LogP contribution is 2.37. The largest absolute Gasteiger partial charge is 0.373 e. The van der Waals surface area contributed by atoms with Gasteiger partial charge in [0.2, 0.25) is 0 Å². The van der Waals surface area contributed by atoms with Crippen LogP contribution >= 0.6 is 0 Å². The first-order valence-electron chi connectivity index (χ1n) is 10.7. The zero-order valence-corrected chi connectivity index (χ0v) is 19.1. The van der Waals surface area contributed by atoms with Crippen LogP contribution in [0, 0.1) is 47.5 Å². The van der Waals surface area contributed by atoms with E-state index in [1.165, 1.54) is 0 Å². The summed E-state index contributed by atoms with van der Waals surface area (Å²) in [6.45, 7) is 15.7. The van der Waals surface area contributed by atoms with Gasteiger partial charge in [-0.2, -0.15) is 9.78 Å². The Morgan fingerprint density at radius 1 is 0.906 bits per heavy atom. The lowest BCUT2D eigenvalue weighted by Gasteiger charge is -2.39. The fourth-order valence-corrected chi connectivity index (χ4v) is 3.72. The molecule has 1 aliphatic carbocycles. The third-order valence-electron chi connectivity index (χ3n) is 6.28. The van der Waals surface area contributed by atoms with Crippen LogP contribution in [0.25, 0.3) is 0 Å². The summed E-state index contributed by atoms with van der Waals surface area (Å²) in [4.78, 5) is 46.5. The predicted octanol–water partition coefficient (Wildman–Crippen LogP) is 5.37. The second kappa shape index (κ2) is 9.84. The maximum atomic E-state index is 12.6. The SMILES string of the molecule is [CH2]C1CCC([CH2])(OOC(=O)c2cccc(C)c2C)C(OOC(=O)c2cccc(C)c2C)C1. The van der Waals surface area contributed by atoms with Gasteiger partial charge in [0, 0.05) is 0 Å². The molecule has 3 rings (SSSR count). The molecule has 0 aliphatic heterocycles. The first kappa shape index (κ1) is 24.0. The number of carbonyl (C=O) groups excluding carboxylic acids is 2. The second-order valence-electron chi connectivity index (χ2n) is 8.61. The van der Waals surface area contributed by atoms with Gasteiger partial charge in [-0.15, -0.1) is 0 Å². The number of benzene rings is 2. The van der Waals surface area contributed by atoms with Gasteiger partial charge in [-0.05, 0) is 94.2 Å². The number of aryl methyl sites for hydroxylation is 2. The summed E-state index contributed by atoms with van der Waals surface area (Å²) in [6.07, 6.45) is 0.812. The van der Waals surface area contributed by atoms with Crippen molar-refractivity contribution in [3.8, 4) is 0 Å². The molecule has 1 saturated carbocycles. The van der Waals surface area contributed by atoms with E-state index in [1.54, 1.807) is 24.3 Å². The fraction of sp³-hybridized carbons (Fsp3) is 0.385. The van der Waals surface area contributed by atoms with Crippen LogP contribution in [-0.4, -0.2) is 23.6 Å². The molecule has 1 aliphatic rings. The van der Waals surface area contributed by atoms with Crippen molar-refractivity contribution in [1.82, 2.24) is 0 Å². The first-order chi connectivity index (χ1) is 15.1. The van der Waals surface area contributed by atoms with E-state index >= 15 is 0 Å². The molecule has 32 heavy (non-hydrogen) atoms. The molecular formula is C26H30O6. The molecular weight excluding hydrogens is 408 g/mol. The van der Waals surface area contributed by atoms with Crippen LogP contribution in [0.15, 0.2) is 36.4 Å². The van der Waals surface area contributed by atoms with Crippen LogP contribution in [0.5, 0.6) is 0 Å². The van der Waals surface area contributed by atoms with Gasteiger partial charge >= 0.3 is 11.9 Å². The molecule has 0 spiro atoms. The lowest BCUT2D eigenvalue weighted by Crippen LogP contribution is -2.49. The molecule has 3 unspecified atom stereocenters. The predicted molar refractivity (Wildman–Crippen MR) is 119 cm³/mol. The van der Waals surface area contributed by atoms with E-state index in [9.17, 15) is 9.59 Å². The van der Waals surface area contributed by atoms with Gasteiger partial charge in [0.1, 0.15) is 11.7 Å². The molecule has 3 atom stereocenters. The topological polar surface area (TPSA) is 71.1 Å². The van der Waals surface area contributed by atoms with Gasteiger partial charge in [0.15, 0.2) is 0 Å². The molecule has 6 nitrogen and oxygen atoms in total. The lowest BCUT2D eigenvalue weighted by atomic mass is 9.78. The summed E-state index contributed by atoms with van der Waals surface area (Å²) < 4.78 is 0. The Balaban J connectivity index is 1.68. The van der Waals surface area contributed by atoms with Gasteiger partial charge in [-0.3, -0.25) is 9.78 Å². The zero-order chi connectivity index (χ0) is 23.5. The molecule has 0 saturated heterocycles. The smallest absolute Gasteiger partial charge is 0.292 e. The van der Waals surface area contributed by atoms with E-state index in [0.29, 0.717) is 30.4 Å². The molecule has 0 N–H and O–H groups in total. The molecule has 6 heteroatoms. The quantitative estimate of drug-likeness (QED) is 0.446. The first-order valence-corrected chi connectivity index (χ1v) is 10.7. The maximum absolute atomic E-state index is 12.6. The third-order valence-corrected chi connectivity index (χ3v) is 6.28. The van der Waals surface area contributed by atoms with E-state index in [-0.39, 0.29) is 5.92 Å². The molecule has 0 amide bonds.